The highest BCUT2D eigenvalue weighted by atomic mass is 16.7. The van der Waals surface area contributed by atoms with Crippen molar-refractivity contribution >= 4 is 23.9 Å². The van der Waals surface area contributed by atoms with E-state index in [1.54, 1.807) is 20.8 Å². The molecule has 13 heteroatoms. The number of methoxy groups -OCH3 is 5. The molecule has 0 rings (SSSR count). The van der Waals surface area contributed by atoms with Gasteiger partial charge in [-0.05, 0) is 41.5 Å². The molecule has 2 N–H and O–H groups in total. The predicted octanol–water partition coefficient (Wildman–Crippen LogP) is 10.2. The second kappa shape index (κ2) is 97.3. The minimum atomic E-state index is -0.757. The summed E-state index contributed by atoms with van der Waals surface area (Å²) in [7, 11) is 8.13. The zero-order valence-corrected chi connectivity index (χ0v) is 35.2. The first-order chi connectivity index (χ1) is 22.0. The Morgan fingerprint density at radius 2 is 0.647 bits per heavy atom. The second-order valence-electron chi connectivity index (χ2n) is 8.01. The SMILES string of the molecule is C.C.C.C.CC.CC.CC.CC.CC.CC.CC(C)(C)C(=O)O.CO.COC(=O)C(C)(C)C.COCOC(=O)COC.COCOC(=O)COC. The number of aliphatic carboxylic acids is 1. The maximum atomic E-state index is 10.6. The van der Waals surface area contributed by atoms with Crippen LogP contribution in [-0.4, -0.2) is 104 Å². The lowest BCUT2D eigenvalue weighted by molar-refractivity contribution is -0.159. The van der Waals surface area contributed by atoms with Crippen LogP contribution in [0, 0.1) is 10.8 Å². The third kappa shape index (κ3) is 151. The van der Waals surface area contributed by atoms with Gasteiger partial charge in [-0.15, -0.1) is 0 Å². The molecule has 0 aliphatic carbocycles. The molecule has 0 spiro atoms. The summed E-state index contributed by atoms with van der Waals surface area (Å²) in [4.78, 5) is 41.4. The summed E-state index contributed by atoms with van der Waals surface area (Å²) in [6.45, 7) is 34.4. The van der Waals surface area contributed by atoms with E-state index < -0.39 is 23.3 Å². The second-order valence-corrected chi connectivity index (χ2v) is 8.01. The van der Waals surface area contributed by atoms with Crippen LogP contribution in [0.2, 0.25) is 0 Å². The lowest BCUT2D eigenvalue weighted by Gasteiger charge is -2.13. The number of carbonyl (C=O) groups is 4. The van der Waals surface area contributed by atoms with Crippen LogP contribution < -0.4 is 0 Å². The van der Waals surface area contributed by atoms with E-state index in [1.807, 2.05) is 104 Å². The number of ether oxygens (including phenoxy) is 7. The fourth-order valence-electron chi connectivity index (χ4n) is 0.875. The maximum Gasteiger partial charge on any atom is 0.334 e. The van der Waals surface area contributed by atoms with Crippen LogP contribution >= 0.6 is 0 Å². The summed E-state index contributed by atoms with van der Waals surface area (Å²) in [5.74, 6) is -1.76. The Kier molecular flexibility index (Phi) is 186. The largest absolute Gasteiger partial charge is 0.481 e. The Balaban J connectivity index is -0.0000000228. The van der Waals surface area contributed by atoms with Gasteiger partial charge in [0.2, 0.25) is 0 Å². The highest BCUT2D eigenvalue weighted by Gasteiger charge is 2.21. The molecule has 0 atom stereocenters. The molecular weight excluding hydrogens is 664 g/mol. The van der Waals surface area contributed by atoms with Crippen LogP contribution in [0.5, 0.6) is 0 Å². The Morgan fingerprint density at radius 3 is 0.725 bits per heavy atom. The third-order valence-corrected chi connectivity index (χ3v) is 2.64. The Hall–Kier alpha value is -2.32. The molecule has 0 aromatic carbocycles. The summed E-state index contributed by atoms with van der Waals surface area (Å²) in [6.07, 6.45) is 0. The maximum absolute atomic E-state index is 10.6. The van der Waals surface area contributed by atoms with Gasteiger partial charge in [-0.3, -0.25) is 9.59 Å². The van der Waals surface area contributed by atoms with Crippen molar-refractivity contribution in [2.45, 2.75) is 154 Å². The van der Waals surface area contributed by atoms with Crippen LogP contribution in [0.1, 0.15) is 154 Å². The van der Waals surface area contributed by atoms with Gasteiger partial charge < -0.3 is 43.4 Å². The first-order valence-corrected chi connectivity index (χ1v) is 16.1. The van der Waals surface area contributed by atoms with E-state index in [1.165, 1.54) is 35.5 Å². The summed E-state index contributed by atoms with van der Waals surface area (Å²) in [5.41, 5.74) is -0.936. The van der Waals surface area contributed by atoms with Gasteiger partial charge in [0.25, 0.3) is 0 Å². The van der Waals surface area contributed by atoms with Crippen molar-refractivity contribution in [3.63, 3.8) is 0 Å². The van der Waals surface area contributed by atoms with Gasteiger partial charge in [0.05, 0.1) is 17.9 Å². The van der Waals surface area contributed by atoms with Crippen molar-refractivity contribution in [3.05, 3.63) is 0 Å². The minimum absolute atomic E-state index is 0. The van der Waals surface area contributed by atoms with Gasteiger partial charge in [-0.25, -0.2) is 9.59 Å². The Morgan fingerprint density at radius 1 is 0.451 bits per heavy atom. The van der Waals surface area contributed by atoms with E-state index in [0.717, 1.165) is 7.11 Å². The number of esters is 3. The van der Waals surface area contributed by atoms with Crippen LogP contribution in [0.15, 0.2) is 0 Å². The molecule has 0 aromatic heterocycles. The number of carbonyl (C=O) groups excluding carboxylic acids is 3. The van der Waals surface area contributed by atoms with Crippen molar-refractivity contribution in [3.8, 4) is 0 Å². The van der Waals surface area contributed by atoms with Crippen LogP contribution in [0.3, 0.4) is 0 Å². The molecule has 0 saturated carbocycles. The van der Waals surface area contributed by atoms with Crippen molar-refractivity contribution in [1.29, 1.82) is 0 Å². The molecule has 13 nitrogen and oxygen atoms in total. The van der Waals surface area contributed by atoms with E-state index in [2.05, 4.69) is 33.2 Å². The van der Waals surface area contributed by atoms with Crippen molar-refractivity contribution < 1.29 is 62.5 Å². The molecule has 0 aromatic rings. The summed E-state index contributed by atoms with van der Waals surface area (Å²) >= 11 is 0. The molecule has 0 aliphatic heterocycles. The van der Waals surface area contributed by atoms with E-state index in [-0.39, 0.29) is 67.9 Å². The van der Waals surface area contributed by atoms with E-state index in [0.29, 0.717) is 0 Å². The average Bonchev–Trinajstić information content (AvgIpc) is 3.09. The zero-order valence-electron chi connectivity index (χ0n) is 35.2. The van der Waals surface area contributed by atoms with Crippen molar-refractivity contribution in [2.24, 2.45) is 10.8 Å². The van der Waals surface area contributed by atoms with Gasteiger partial charge in [0.1, 0.15) is 13.2 Å². The molecule has 0 bridgehead atoms. The zero-order chi connectivity index (χ0) is 41.1. The number of hydrogen-bond donors (Lipinski definition) is 2. The predicted molar refractivity (Wildman–Crippen MR) is 221 cm³/mol. The van der Waals surface area contributed by atoms with E-state index >= 15 is 0 Å². The van der Waals surface area contributed by atoms with Crippen LogP contribution in [0.4, 0.5) is 0 Å². The number of aliphatic hydroxyl groups excluding tert-OH is 1. The fraction of sp³-hybridized carbons (Fsp3) is 0.895. The molecule has 0 radical (unpaired) electrons. The summed E-state index contributed by atoms with van der Waals surface area (Å²) in [6, 6.07) is 0. The topological polar surface area (TPSA) is 173 Å². The number of carboxylic acid groups (broad SMARTS) is 1. The van der Waals surface area contributed by atoms with Crippen molar-refractivity contribution in [1.82, 2.24) is 0 Å². The van der Waals surface area contributed by atoms with Crippen LogP contribution in [0.25, 0.3) is 0 Å². The normalized spacial score (nSPS) is 7.31. The summed E-state index contributed by atoms with van der Waals surface area (Å²) in [5, 5.41) is 15.2. The Labute approximate surface area is 320 Å². The molecule has 51 heavy (non-hydrogen) atoms. The van der Waals surface area contributed by atoms with Gasteiger partial charge in [0.15, 0.2) is 13.6 Å². The van der Waals surface area contributed by atoms with Gasteiger partial charge in [-0.1, -0.05) is 113 Å². The number of hydrogen-bond acceptors (Lipinski definition) is 12. The highest BCUT2D eigenvalue weighted by molar-refractivity contribution is 5.75. The van der Waals surface area contributed by atoms with Crippen molar-refractivity contribution in [2.75, 3.05) is 69.5 Å². The molecule has 0 amide bonds. The average molecular weight is 763 g/mol. The van der Waals surface area contributed by atoms with Crippen LogP contribution in [-0.2, 0) is 52.3 Å². The first-order valence-electron chi connectivity index (χ1n) is 16.1. The quantitative estimate of drug-likeness (QED) is 0.136. The highest BCUT2D eigenvalue weighted by Crippen LogP contribution is 2.13. The third-order valence-electron chi connectivity index (χ3n) is 2.64. The lowest BCUT2D eigenvalue weighted by atomic mass is 9.98. The van der Waals surface area contributed by atoms with E-state index in [9.17, 15) is 19.2 Å². The lowest BCUT2D eigenvalue weighted by Crippen LogP contribution is -2.21. The molecule has 0 heterocycles. The number of rotatable bonds is 8. The van der Waals surface area contributed by atoms with E-state index in [4.69, 9.17) is 10.2 Å². The van der Waals surface area contributed by atoms with Gasteiger partial charge in [0, 0.05) is 35.5 Å². The Bertz CT molecular complexity index is 507. The number of aliphatic hydroxyl groups is 1. The standard InChI is InChI=1S/C6H12O2.2C5H10O4.C5H10O2.6C2H6.CH4O.4CH4/c1-6(2,3)5(7)8-4;2*1-7-3-5(6)9-4-8-2;1-5(2,3)4(6)7;7*1-2;;;;/h1-4H3;2*3-4H2,1-2H3;1-3H3,(H,6,7);6*1-2H3;2H,1H3;4*1H4. The molecule has 0 aliphatic rings. The first kappa shape index (κ1) is 97.6. The van der Waals surface area contributed by atoms with Gasteiger partial charge in [-0.2, -0.15) is 0 Å². The fourth-order valence-corrected chi connectivity index (χ4v) is 0.875. The molecular formula is C38H98O13. The minimum Gasteiger partial charge on any atom is -0.481 e. The molecule has 0 saturated heterocycles. The monoisotopic (exact) mass is 763 g/mol. The summed E-state index contributed by atoms with van der Waals surface area (Å²) < 4.78 is 31.2. The smallest absolute Gasteiger partial charge is 0.334 e. The number of carboxylic acids is 1. The molecule has 0 fully saturated rings. The molecule has 328 valence electrons. The van der Waals surface area contributed by atoms with Gasteiger partial charge >= 0.3 is 23.9 Å². The molecule has 0 unspecified atom stereocenters.